The molecule has 0 saturated carbocycles. The van der Waals surface area contributed by atoms with Crippen LogP contribution >= 0.6 is 0 Å². The van der Waals surface area contributed by atoms with Gasteiger partial charge in [-0.15, -0.1) is 0 Å². The summed E-state index contributed by atoms with van der Waals surface area (Å²) < 4.78 is 5.19. The second-order valence-electron chi connectivity index (χ2n) is 2.45. The van der Waals surface area contributed by atoms with Gasteiger partial charge in [0.25, 0.3) is 0 Å². The maximum Gasteiger partial charge on any atom is 0.202 e. The van der Waals surface area contributed by atoms with E-state index in [1.165, 1.54) is 0 Å². The third-order valence-corrected chi connectivity index (χ3v) is 1.41. The quantitative estimate of drug-likeness (QED) is 0.486. The molecular formula is C7H11N3O. The van der Waals surface area contributed by atoms with Crippen molar-refractivity contribution in [1.82, 2.24) is 4.98 Å². The monoisotopic (exact) mass is 153 g/mol. The molecule has 0 radical (unpaired) electrons. The Morgan fingerprint density at radius 1 is 1.64 bits per heavy atom. The van der Waals surface area contributed by atoms with Crippen LogP contribution in [0.25, 0.3) is 0 Å². The SMILES string of the molecule is Cc1nc(CC(=N)N)oc1C. The number of nitrogens with two attached hydrogens (primary N) is 1. The van der Waals surface area contributed by atoms with E-state index in [4.69, 9.17) is 15.6 Å². The van der Waals surface area contributed by atoms with Gasteiger partial charge in [0.1, 0.15) is 5.76 Å². The summed E-state index contributed by atoms with van der Waals surface area (Å²) in [6.07, 6.45) is 0.300. The van der Waals surface area contributed by atoms with Crippen molar-refractivity contribution in [2.45, 2.75) is 20.3 Å². The van der Waals surface area contributed by atoms with Gasteiger partial charge in [0.2, 0.25) is 5.89 Å². The number of aryl methyl sites for hydroxylation is 2. The van der Waals surface area contributed by atoms with Gasteiger partial charge in [-0.25, -0.2) is 4.98 Å². The molecule has 0 unspecified atom stereocenters. The van der Waals surface area contributed by atoms with Gasteiger partial charge < -0.3 is 10.2 Å². The molecule has 1 rings (SSSR count). The first-order valence-corrected chi connectivity index (χ1v) is 3.35. The van der Waals surface area contributed by atoms with Crippen LogP contribution in [-0.4, -0.2) is 10.8 Å². The van der Waals surface area contributed by atoms with E-state index >= 15 is 0 Å². The normalized spacial score (nSPS) is 10.0. The minimum absolute atomic E-state index is 0.0752. The summed E-state index contributed by atoms with van der Waals surface area (Å²) in [5.74, 6) is 1.39. The molecule has 0 saturated heterocycles. The highest BCUT2D eigenvalue weighted by Gasteiger charge is 2.05. The topological polar surface area (TPSA) is 75.9 Å². The molecule has 11 heavy (non-hydrogen) atoms. The zero-order valence-electron chi connectivity index (χ0n) is 6.64. The van der Waals surface area contributed by atoms with Crippen LogP contribution in [0.3, 0.4) is 0 Å². The first kappa shape index (κ1) is 7.78. The lowest BCUT2D eigenvalue weighted by Gasteiger charge is -1.89. The van der Waals surface area contributed by atoms with E-state index in [2.05, 4.69) is 4.98 Å². The van der Waals surface area contributed by atoms with E-state index in [0.29, 0.717) is 12.3 Å². The van der Waals surface area contributed by atoms with Gasteiger partial charge in [-0.1, -0.05) is 0 Å². The summed E-state index contributed by atoms with van der Waals surface area (Å²) in [5, 5.41) is 6.99. The highest BCUT2D eigenvalue weighted by Crippen LogP contribution is 2.07. The molecule has 0 bridgehead atoms. The van der Waals surface area contributed by atoms with Crippen molar-refractivity contribution in [3.05, 3.63) is 17.3 Å². The summed E-state index contributed by atoms with van der Waals surface area (Å²) in [5.41, 5.74) is 6.03. The predicted molar refractivity (Wildman–Crippen MR) is 41.6 cm³/mol. The number of rotatable bonds is 2. The highest BCUT2D eigenvalue weighted by molar-refractivity contribution is 5.78. The van der Waals surface area contributed by atoms with Gasteiger partial charge in [0.15, 0.2) is 0 Å². The average Bonchev–Trinajstić information content (AvgIpc) is 2.10. The van der Waals surface area contributed by atoms with Crippen LogP contribution in [-0.2, 0) is 6.42 Å². The Kier molecular flexibility index (Phi) is 1.94. The van der Waals surface area contributed by atoms with Crippen LogP contribution in [0.15, 0.2) is 4.42 Å². The van der Waals surface area contributed by atoms with Gasteiger partial charge in [-0.2, -0.15) is 0 Å². The van der Waals surface area contributed by atoms with Crippen LogP contribution in [0.1, 0.15) is 17.3 Å². The van der Waals surface area contributed by atoms with E-state index < -0.39 is 0 Å². The molecule has 0 aliphatic carbocycles. The first-order chi connectivity index (χ1) is 5.09. The van der Waals surface area contributed by atoms with Crippen LogP contribution in [0, 0.1) is 19.3 Å². The van der Waals surface area contributed by atoms with E-state index in [1.807, 2.05) is 13.8 Å². The molecule has 1 heterocycles. The van der Waals surface area contributed by atoms with Crippen molar-refractivity contribution >= 4 is 5.84 Å². The van der Waals surface area contributed by atoms with Crippen LogP contribution < -0.4 is 5.73 Å². The molecule has 1 aromatic heterocycles. The molecule has 60 valence electrons. The number of nitrogens with one attached hydrogen (secondary N) is 1. The van der Waals surface area contributed by atoms with Gasteiger partial charge in [-0.05, 0) is 13.8 Å². The zero-order chi connectivity index (χ0) is 8.43. The molecule has 0 aliphatic heterocycles. The Morgan fingerprint density at radius 2 is 2.27 bits per heavy atom. The lowest BCUT2D eigenvalue weighted by atomic mass is 10.4. The smallest absolute Gasteiger partial charge is 0.202 e. The van der Waals surface area contributed by atoms with Crippen molar-refractivity contribution < 1.29 is 4.42 Å². The predicted octanol–water partition coefficient (Wildman–Crippen LogP) is 0.770. The largest absolute Gasteiger partial charge is 0.445 e. The van der Waals surface area contributed by atoms with Gasteiger partial charge in [0.05, 0.1) is 18.0 Å². The van der Waals surface area contributed by atoms with Crippen molar-refractivity contribution in [3.63, 3.8) is 0 Å². The minimum atomic E-state index is 0.0752. The van der Waals surface area contributed by atoms with E-state index in [1.54, 1.807) is 0 Å². The summed E-state index contributed by atoms with van der Waals surface area (Å²) in [4.78, 5) is 4.06. The van der Waals surface area contributed by atoms with Crippen molar-refractivity contribution in [2.75, 3.05) is 0 Å². The number of hydrogen-bond acceptors (Lipinski definition) is 3. The zero-order valence-corrected chi connectivity index (χ0v) is 6.64. The molecule has 0 aromatic carbocycles. The third-order valence-electron chi connectivity index (χ3n) is 1.41. The van der Waals surface area contributed by atoms with Crippen molar-refractivity contribution in [3.8, 4) is 0 Å². The number of hydrogen-bond donors (Lipinski definition) is 2. The summed E-state index contributed by atoms with van der Waals surface area (Å²) in [6.45, 7) is 3.70. The third kappa shape index (κ3) is 1.80. The number of oxazole rings is 1. The maximum atomic E-state index is 6.99. The highest BCUT2D eigenvalue weighted by atomic mass is 16.4. The number of amidine groups is 1. The standard InChI is InChI=1S/C7H11N3O/c1-4-5(2)11-7(10-4)3-6(8)9/h3H2,1-2H3,(H3,8,9). The molecule has 4 heteroatoms. The Balaban J connectivity index is 2.81. The van der Waals surface area contributed by atoms with Crippen LogP contribution in [0.2, 0.25) is 0 Å². The Hall–Kier alpha value is -1.32. The fourth-order valence-electron chi connectivity index (χ4n) is 0.778. The van der Waals surface area contributed by atoms with Gasteiger partial charge in [0, 0.05) is 0 Å². The molecule has 0 atom stereocenters. The Bertz CT molecular complexity index is 258. The van der Waals surface area contributed by atoms with Gasteiger partial charge >= 0.3 is 0 Å². The van der Waals surface area contributed by atoms with E-state index in [0.717, 1.165) is 11.5 Å². The minimum Gasteiger partial charge on any atom is -0.445 e. The van der Waals surface area contributed by atoms with Crippen molar-refractivity contribution in [1.29, 1.82) is 5.41 Å². The molecule has 0 amide bonds. The Labute approximate surface area is 64.9 Å². The number of aromatic nitrogens is 1. The van der Waals surface area contributed by atoms with E-state index in [-0.39, 0.29) is 5.84 Å². The molecule has 1 aromatic rings. The van der Waals surface area contributed by atoms with Gasteiger partial charge in [-0.3, -0.25) is 5.41 Å². The lowest BCUT2D eigenvalue weighted by Crippen LogP contribution is -2.12. The Morgan fingerprint density at radius 3 is 2.64 bits per heavy atom. The van der Waals surface area contributed by atoms with Crippen molar-refractivity contribution in [2.24, 2.45) is 5.73 Å². The summed E-state index contributed by atoms with van der Waals surface area (Å²) >= 11 is 0. The fourth-order valence-corrected chi connectivity index (χ4v) is 0.778. The molecular weight excluding hydrogens is 142 g/mol. The summed E-state index contributed by atoms with van der Waals surface area (Å²) in [7, 11) is 0. The molecule has 4 nitrogen and oxygen atoms in total. The molecule has 0 spiro atoms. The fraction of sp³-hybridized carbons (Fsp3) is 0.429. The molecule has 0 fully saturated rings. The maximum absolute atomic E-state index is 6.99. The second kappa shape index (κ2) is 2.74. The lowest BCUT2D eigenvalue weighted by molar-refractivity contribution is 0.485. The second-order valence-corrected chi connectivity index (χ2v) is 2.45. The van der Waals surface area contributed by atoms with E-state index in [9.17, 15) is 0 Å². The van der Waals surface area contributed by atoms with Crippen LogP contribution in [0.5, 0.6) is 0 Å². The van der Waals surface area contributed by atoms with Crippen LogP contribution in [0.4, 0.5) is 0 Å². The molecule has 3 N–H and O–H groups in total. The average molecular weight is 153 g/mol. The molecule has 0 aliphatic rings. The number of nitrogens with zero attached hydrogens (tertiary/aromatic N) is 1. The first-order valence-electron chi connectivity index (χ1n) is 3.35. The summed E-state index contributed by atoms with van der Waals surface area (Å²) in [6, 6.07) is 0.